The zero-order chi connectivity index (χ0) is 6.53. The van der Waals surface area contributed by atoms with Gasteiger partial charge in [-0.1, -0.05) is 18.2 Å². The molecule has 0 aromatic heterocycles. The second kappa shape index (κ2) is 3.10. The Morgan fingerprint density at radius 3 is 2.44 bits per heavy atom. The van der Waals surface area contributed by atoms with Crippen molar-refractivity contribution < 1.29 is 4.84 Å². The quantitative estimate of drug-likeness (QED) is 0.545. The van der Waals surface area contributed by atoms with Crippen LogP contribution in [0.1, 0.15) is 0 Å². The van der Waals surface area contributed by atoms with Crippen molar-refractivity contribution in [3.05, 3.63) is 30.3 Å². The largest absolute Gasteiger partial charge is 0.255 e. The molecule has 0 saturated heterocycles. The van der Waals surface area contributed by atoms with Crippen LogP contribution in [0.5, 0.6) is 0 Å². The highest BCUT2D eigenvalue weighted by molar-refractivity contribution is 5.33. The summed E-state index contributed by atoms with van der Waals surface area (Å²) in [5.41, 5.74) is 4.55. The minimum atomic E-state index is 0.847. The molecule has 0 bridgehead atoms. The van der Waals surface area contributed by atoms with E-state index in [1.807, 2.05) is 30.3 Å². The Hall–Kier alpha value is -1.02. The van der Waals surface area contributed by atoms with E-state index in [4.69, 9.17) is 0 Å². The van der Waals surface area contributed by atoms with Gasteiger partial charge in [0.15, 0.2) is 0 Å². The topological polar surface area (TPSA) is 23.3 Å². The summed E-state index contributed by atoms with van der Waals surface area (Å²) in [7, 11) is 1.53. The molecule has 1 aromatic carbocycles. The SMILES string of the molecule is CO[N]c1ccccc1. The summed E-state index contributed by atoms with van der Waals surface area (Å²) < 4.78 is 0. The summed E-state index contributed by atoms with van der Waals surface area (Å²) >= 11 is 0. The number of hydrogen-bond donors (Lipinski definition) is 0. The molecule has 0 spiro atoms. The third-order valence-electron chi connectivity index (χ3n) is 0.953. The molecule has 1 radical (unpaired) electrons. The van der Waals surface area contributed by atoms with Crippen molar-refractivity contribution in [3.63, 3.8) is 0 Å². The molecular formula is C7H8NO. The molecule has 2 nitrogen and oxygen atoms in total. The van der Waals surface area contributed by atoms with Crippen molar-refractivity contribution in [1.82, 2.24) is 5.48 Å². The molecule has 0 aliphatic rings. The van der Waals surface area contributed by atoms with E-state index >= 15 is 0 Å². The maximum absolute atomic E-state index is 4.55. The van der Waals surface area contributed by atoms with Crippen LogP contribution in [0.2, 0.25) is 0 Å². The molecule has 0 aliphatic heterocycles. The number of rotatable bonds is 2. The van der Waals surface area contributed by atoms with Gasteiger partial charge in [0.05, 0.1) is 12.8 Å². The van der Waals surface area contributed by atoms with Crippen molar-refractivity contribution >= 4 is 5.69 Å². The minimum Gasteiger partial charge on any atom is -0.255 e. The molecule has 0 aliphatic carbocycles. The highest BCUT2D eigenvalue weighted by Crippen LogP contribution is 2.03. The van der Waals surface area contributed by atoms with Crippen LogP contribution >= 0.6 is 0 Å². The highest BCUT2D eigenvalue weighted by atomic mass is 16.6. The minimum absolute atomic E-state index is 0.847. The molecule has 0 N–H and O–H groups in total. The van der Waals surface area contributed by atoms with Crippen molar-refractivity contribution in [2.45, 2.75) is 0 Å². The van der Waals surface area contributed by atoms with Crippen LogP contribution in [0, 0.1) is 0 Å². The van der Waals surface area contributed by atoms with Gasteiger partial charge in [0, 0.05) is 0 Å². The maximum atomic E-state index is 4.55. The lowest BCUT2D eigenvalue weighted by Crippen LogP contribution is -1.92. The Kier molecular flexibility index (Phi) is 2.10. The molecule has 0 amide bonds. The highest BCUT2D eigenvalue weighted by Gasteiger charge is 1.85. The molecule has 1 aromatic rings. The Balaban J connectivity index is 2.61. The normalized spacial score (nSPS) is 9.00. The molecule has 0 saturated carbocycles. The molecule has 47 valence electrons. The third-order valence-corrected chi connectivity index (χ3v) is 0.953. The van der Waals surface area contributed by atoms with Crippen LogP contribution in [0.3, 0.4) is 0 Å². The molecule has 1 rings (SSSR count). The van der Waals surface area contributed by atoms with Gasteiger partial charge in [-0.25, -0.2) is 0 Å². The number of hydrogen-bond acceptors (Lipinski definition) is 1. The van der Waals surface area contributed by atoms with E-state index in [1.54, 1.807) is 0 Å². The molecule has 0 unspecified atom stereocenters. The average Bonchev–Trinajstić information content (AvgIpc) is 1.91. The van der Waals surface area contributed by atoms with E-state index < -0.39 is 0 Å². The van der Waals surface area contributed by atoms with Gasteiger partial charge in [-0.15, -0.1) is 5.48 Å². The standard InChI is InChI=1S/C7H8NO/c1-9-8-7-5-3-2-4-6-7/h2-6H,1H3. The van der Waals surface area contributed by atoms with Crippen molar-refractivity contribution in [1.29, 1.82) is 0 Å². The first-order valence-corrected chi connectivity index (χ1v) is 2.73. The number of nitrogens with zero attached hydrogens (tertiary/aromatic N) is 1. The van der Waals surface area contributed by atoms with E-state index in [1.165, 1.54) is 7.11 Å². The van der Waals surface area contributed by atoms with Gasteiger partial charge in [-0.2, -0.15) is 0 Å². The molecule has 0 atom stereocenters. The van der Waals surface area contributed by atoms with Gasteiger partial charge in [0.25, 0.3) is 0 Å². The first-order chi connectivity index (χ1) is 4.43. The fourth-order valence-electron chi connectivity index (χ4n) is 0.594. The fourth-order valence-corrected chi connectivity index (χ4v) is 0.594. The van der Waals surface area contributed by atoms with Gasteiger partial charge in [-0.05, 0) is 12.1 Å². The maximum Gasteiger partial charge on any atom is 0.0905 e. The lowest BCUT2D eigenvalue weighted by atomic mass is 10.3. The predicted molar refractivity (Wildman–Crippen MR) is 35.2 cm³/mol. The second-order valence-electron chi connectivity index (χ2n) is 1.61. The van der Waals surface area contributed by atoms with Crippen LogP contribution in [-0.2, 0) is 4.84 Å². The number of benzene rings is 1. The van der Waals surface area contributed by atoms with Crippen LogP contribution in [0.15, 0.2) is 30.3 Å². The zero-order valence-electron chi connectivity index (χ0n) is 5.24. The van der Waals surface area contributed by atoms with E-state index in [0.717, 1.165) is 5.69 Å². The van der Waals surface area contributed by atoms with E-state index in [0.29, 0.717) is 0 Å². The summed E-state index contributed by atoms with van der Waals surface area (Å²) in [6.07, 6.45) is 0. The van der Waals surface area contributed by atoms with E-state index in [-0.39, 0.29) is 0 Å². The Morgan fingerprint density at radius 1 is 1.22 bits per heavy atom. The average molecular weight is 122 g/mol. The Morgan fingerprint density at radius 2 is 1.89 bits per heavy atom. The molecule has 0 fully saturated rings. The molecule has 9 heavy (non-hydrogen) atoms. The van der Waals surface area contributed by atoms with Crippen molar-refractivity contribution in [3.8, 4) is 0 Å². The first-order valence-electron chi connectivity index (χ1n) is 2.73. The summed E-state index contributed by atoms with van der Waals surface area (Å²) in [6, 6.07) is 9.53. The Bertz CT molecular complexity index is 162. The van der Waals surface area contributed by atoms with E-state index in [2.05, 4.69) is 10.3 Å². The van der Waals surface area contributed by atoms with Gasteiger partial charge in [0.1, 0.15) is 0 Å². The summed E-state index contributed by atoms with van der Waals surface area (Å²) in [6.45, 7) is 0. The summed E-state index contributed by atoms with van der Waals surface area (Å²) in [4.78, 5) is 4.55. The third kappa shape index (κ3) is 1.74. The monoisotopic (exact) mass is 122 g/mol. The first kappa shape index (κ1) is 6.11. The fraction of sp³-hybridized carbons (Fsp3) is 0.143. The predicted octanol–water partition coefficient (Wildman–Crippen LogP) is 1.48. The summed E-state index contributed by atoms with van der Waals surface area (Å²) in [5, 5.41) is 0. The Labute approximate surface area is 54.4 Å². The smallest absolute Gasteiger partial charge is 0.0905 e. The van der Waals surface area contributed by atoms with Crippen molar-refractivity contribution in [2.24, 2.45) is 0 Å². The van der Waals surface area contributed by atoms with Gasteiger partial charge in [0.2, 0.25) is 0 Å². The van der Waals surface area contributed by atoms with Crippen LogP contribution < -0.4 is 5.48 Å². The second-order valence-corrected chi connectivity index (χ2v) is 1.61. The lowest BCUT2D eigenvalue weighted by molar-refractivity contribution is 0.125. The van der Waals surface area contributed by atoms with Crippen molar-refractivity contribution in [2.75, 3.05) is 7.11 Å². The van der Waals surface area contributed by atoms with Gasteiger partial charge < -0.3 is 0 Å². The van der Waals surface area contributed by atoms with E-state index in [9.17, 15) is 0 Å². The molecule has 0 heterocycles. The molecule has 2 heteroatoms. The van der Waals surface area contributed by atoms with Gasteiger partial charge in [-0.3, -0.25) is 4.84 Å². The van der Waals surface area contributed by atoms with Gasteiger partial charge >= 0.3 is 0 Å². The summed E-state index contributed by atoms with van der Waals surface area (Å²) in [5.74, 6) is 0. The van der Waals surface area contributed by atoms with Crippen LogP contribution in [0.4, 0.5) is 5.69 Å². The zero-order valence-corrected chi connectivity index (χ0v) is 5.24. The van der Waals surface area contributed by atoms with Crippen LogP contribution in [0.25, 0.3) is 0 Å². The van der Waals surface area contributed by atoms with Crippen LogP contribution in [-0.4, -0.2) is 7.11 Å². The lowest BCUT2D eigenvalue weighted by Gasteiger charge is -1.94. The molecular weight excluding hydrogens is 114 g/mol.